The van der Waals surface area contributed by atoms with Crippen molar-refractivity contribution in [2.75, 3.05) is 31.1 Å². The molecule has 1 aromatic carbocycles. The molecule has 1 aliphatic rings. The summed E-state index contributed by atoms with van der Waals surface area (Å²) in [5.74, 6) is 0.623. The van der Waals surface area contributed by atoms with Crippen LogP contribution in [-0.2, 0) is 6.54 Å². The molecule has 0 saturated carbocycles. The zero-order valence-electron chi connectivity index (χ0n) is 13.0. The van der Waals surface area contributed by atoms with Gasteiger partial charge < -0.3 is 4.90 Å². The highest BCUT2D eigenvalue weighted by atomic mass is 35.5. The Bertz CT molecular complexity index is 602. The molecule has 22 heavy (non-hydrogen) atoms. The van der Waals surface area contributed by atoms with Crippen LogP contribution in [0.4, 0.5) is 5.69 Å². The molecular weight excluding hydrogens is 294 g/mol. The Morgan fingerprint density at radius 2 is 1.95 bits per heavy atom. The van der Waals surface area contributed by atoms with Gasteiger partial charge in [-0.2, -0.15) is 0 Å². The van der Waals surface area contributed by atoms with E-state index in [1.807, 2.05) is 12.1 Å². The molecule has 2 aromatic rings. The first kappa shape index (κ1) is 15.3. The summed E-state index contributed by atoms with van der Waals surface area (Å²) in [4.78, 5) is 9.04. The Labute approximate surface area is 137 Å². The van der Waals surface area contributed by atoms with E-state index in [9.17, 15) is 0 Å². The number of aromatic nitrogens is 1. The van der Waals surface area contributed by atoms with Gasteiger partial charge in [-0.15, -0.1) is 0 Å². The smallest absolute Gasteiger partial charge is 0.131 e. The fourth-order valence-electron chi connectivity index (χ4n) is 3.13. The van der Waals surface area contributed by atoms with Crippen LogP contribution in [0.1, 0.15) is 12.5 Å². The quantitative estimate of drug-likeness (QED) is 0.805. The molecule has 0 aliphatic carbocycles. The van der Waals surface area contributed by atoms with E-state index in [0.717, 1.165) is 32.7 Å². The topological polar surface area (TPSA) is 19.4 Å². The maximum absolute atomic E-state index is 6.03. The van der Waals surface area contributed by atoms with Crippen LogP contribution in [0, 0.1) is 5.92 Å². The van der Waals surface area contributed by atoms with Crippen molar-refractivity contribution in [3.05, 3.63) is 59.4 Å². The predicted molar refractivity (Wildman–Crippen MR) is 92.3 cm³/mol. The van der Waals surface area contributed by atoms with Crippen LogP contribution in [0.5, 0.6) is 0 Å². The highest BCUT2D eigenvalue weighted by Gasteiger charge is 2.20. The minimum atomic E-state index is 0.565. The zero-order chi connectivity index (χ0) is 15.4. The molecule has 4 heteroatoms. The van der Waals surface area contributed by atoms with Crippen molar-refractivity contribution in [3.63, 3.8) is 0 Å². The number of halogens is 1. The summed E-state index contributed by atoms with van der Waals surface area (Å²) < 4.78 is 0. The molecule has 0 bridgehead atoms. The summed E-state index contributed by atoms with van der Waals surface area (Å²) in [6, 6.07) is 14.7. The summed E-state index contributed by atoms with van der Waals surface area (Å²) in [6.45, 7) is 7.63. The molecule has 116 valence electrons. The summed E-state index contributed by atoms with van der Waals surface area (Å²) in [5.41, 5.74) is 2.56. The van der Waals surface area contributed by atoms with Crippen molar-refractivity contribution < 1.29 is 0 Å². The van der Waals surface area contributed by atoms with E-state index in [1.165, 1.54) is 11.3 Å². The lowest BCUT2D eigenvalue weighted by molar-refractivity contribution is 0.257. The highest BCUT2D eigenvalue weighted by molar-refractivity contribution is 6.29. The fourth-order valence-corrected chi connectivity index (χ4v) is 3.30. The van der Waals surface area contributed by atoms with Gasteiger partial charge in [-0.25, -0.2) is 4.98 Å². The van der Waals surface area contributed by atoms with Gasteiger partial charge in [0.25, 0.3) is 0 Å². The lowest BCUT2D eigenvalue weighted by Crippen LogP contribution is -2.30. The number of nitrogens with zero attached hydrogens (tertiary/aromatic N) is 3. The van der Waals surface area contributed by atoms with E-state index in [-0.39, 0.29) is 0 Å². The number of anilines is 1. The lowest BCUT2D eigenvalue weighted by atomic mass is 10.1. The van der Waals surface area contributed by atoms with Gasteiger partial charge in [0.15, 0.2) is 0 Å². The van der Waals surface area contributed by atoms with Crippen LogP contribution < -0.4 is 4.90 Å². The molecule has 1 aliphatic heterocycles. The third kappa shape index (κ3) is 3.99. The second-order valence-corrected chi connectivity index (χ2v) is 6.50. The van der Waals surface area contributed by atoms with Crippen molar-refractivity contribution in [2.24, 2.45) is 5.92 Å². The number of hydrogen-bond donors (Lipinski definition) is 0. The highest BCUT2D eigenvalue weighted by Crippen LogP contribution is 2.21. The fraction of sp³-hybridized carbons (Fsp3) is 0.389. The molecule has 0 spiro atoms. The SMILES string of the molecule is CC1CN(Cc2ccccc2)CCN(c2ccnc(Cl)c2)C1. The Balaban J connectivity index is 1.67. The van der Waals surface area contributed by atoms with Gasteiger partial charge in [-0.3, -0.25) is 4.90 Å². The number of hydrogen-bond acceptors (Lipinski definition) is 3. The maximum atomic E-state index is 6.03. The molecule has 1 fully saturated rings. The first-order chi connectivity index (χ1) is 10.7. The van der Waals surface area contributed by atoms with Crippen molar-refractivity contribution in [1.82, 2.24) is 9.88 Å². The third-order valence-electron chi connectivity index (χ3n) is 4.11. The zero-order valence-corrected chi connectivity index (χ0v) is 13.7. The van der Waals surface area contributed by atoms with E-state index in [0.29, 0.717) is 11.1 Å². The van der Waals surface area contributed by atoms with Crippen LogP contribution in [0.3, 0.4) is 0 Å². The van der Waals surface area contributed by atoms with Crippen molar-refractivity contribution in [2.45, 2.75) is 13.5 Å². The van der Waals surface area contributed by atoms with Crippen molar-refractivity contribution >= 4 is 17.3 Å². The van der Waals surface area contributed by atoms with Crippen LogP contribution in [0.15, 0.2) is 48.7 Å². The normalized spacial score (nSPS) is 19.9. The molecule has 1 aromatic heterocycles. The predicted octanol–water partition coefficient (Wildman–Crippen LogP) is 3.69. The summed E-state index contributed by atoms with van der Waals surface area (Å²) in [6.07, 6.45) is 1.79. The second-order valence-electron chi connectivity index (χ2n) is 6.11. The standard InChI is InChI=1S/C18H22ClN3/c1-15-12-21(14-16-5-3-2-4-6-16)9-10-22(13-15)17-7-8-20-18(19)11-17/h2-8,11,15H,9-10,12-14H2,1H3. The molecule has 0 amide bonds. The van der Waals surface area contributed by atoms with Gasteiger partial charge in [0.1, 0.15) is 5.15 Å². The molecule has 3 nitrogen and oxygen atoms in total. The van der Waals surface area contributed by atoms with Crippen LogP contribution in [0.2, 0.25) is 5.15 Å². The number of pyridine rings is 1. The van der Waals surface area contributed by atoms with Gasteiger partial charge in [0.05, 0.1) is 0 Å². The van der Waals surface area contributed by atoms with E-state index >= 15 is 0 Å². The number of benzene rings is 1. The van der Waals surface area contributed by atoms with E-state index in [1.54, 1.807) is 6.20 Å². The Kier molecular flexibility index (Phi) is 4.96. The monoisotopic (exact) mass is 315 g/mol. The summed E-state index contributed by atoms with van der Waals surface area (Å²) in [7, 11) is 0. The van der Waals surface area contributed by atoms with Gasteiger partial charge in [-0.05, 0) is 23.6 Å². The van der Waals surface area contributed by atoms with Gasteiger partial charge in [-0.1, -0.05) is 48.9 Å². The largest absolute Gasteiger partial charge is 0.370 e. The van der Waals surface area contributed by atoms with E-state index < -0.39 is 0 Å². The van der Waals surface area contributed by atoms with Gasteiger partial charge in [0.2, 0.25) is 0 Å². The van der Waals surface area contributed by atoms with Crippen LogP contribution in [0.25, 0.3) is 0 Å². The minimum Gasteiger partial charge on any atom is -0.370 e. The lowest BCUT2D eigenvalue weighted by Gasteiger charge is -2.24. The molecule has 3 rings (SSSR count). The average Bonchev–Trinajstić information content (AvgIpc) is 2.70. The van der Waals surface area contributed by atoms with Crippen molar-refractivity contribution in [3.8, 4) is 0 Å². The summed E-state index contributed by atoms with van der Waals surface area (Å²) >= 11 is 6.03. The van der Waals surface area contributed by atoms with Crippen molar-refractivity contribution in [1.29, 1.82) is 0 Å². The first-order valence-corrected chi connectivity index (χ1v) is 8.21. The maximum Gasteiger partial charge on any atom is 0.131 e. The van der Waals surface area contributed by atoms with E-state index in [4.69, 9.17) is 11.6 Å². The molecule has 0 radical (unpaired) electrons. The molecular formula is C18H22ClN3. The Morgan fingerprint density at radius 3 is 2.73 bits per heavy atom. The minimum absolute atomic E-state index is 0.565. The van der Waals surface area contributed by atoms with E-state index in [2.05, 4.69) is 52.0 Å². The second kappa shape index (κ2) is 7.12. The average molecular weight is 316 g/mol. The number of rotatable bonds is 3. The Hall–Kier alpha value is -1.58. The molecule has 2 heterocycles. The van der Waals surface area contributed by atoms with Crippen LogP contribution in [-0.4, -0.2) is 36.1 Å². The van der Waals surface area contributed by atoms with Gasteiger partial charge in [0, 0.05) is 44.6 Å². The molecule has 1 unspecified atom stereocenters. The summed E-state index contributed by atoms with van der Waals surface area (Å²) in [5, 5.41) is 0.565. The Morgan fingerprint density at radius 1 is 1.14 bits per heavy atom. The first-order valence-electron chi connectivity index (χ1n) is 7.83. The third-order valence-corrected chi connectivity index (χ3v) is 4.32. The molecule has 0 N–H and O–H groups in total. The molecule has 1 saturated heterocycles. The molecule has 1 atom stereocenters. The van der Waals surface area contributed by atoms with Crippen LogP contribution >= 0.6 is 11.6 Å². The van der Waals surface area contributed by atoms with Gasteiger partial charge >= 0.3 is 0 Å².